The normalized spacial score (nSPS) is 9.64. The number of carbonyl (C=O) groups is 1. The highest BCUT2D eigenvalue weighted by Crippen LogP contribution is 2.25. The fourth-order valence-electron chi connectivity index (χ4n) is 1.20. The summed E-state index contributed by atoms with van der Waals surface area (Å²) >= 11 is 0. The maximum absolute atomic E-state index is 10.9. The Balaban J connectivity index is 2.95. The van der Waals surface area contributed by atoms with Crippen LogP contribution in [0.5, 0.6) is 5.75 Å². The molecule has 0 aromatic heterocycles. The quantitative estimate of drug-likeness (QED) is 0.675. The Hall–Kier alpha value is -1.71. The lowest BCUT2D eigenvalue weighted by Gasteiger charge is -2.08. The molecule has 4 heteroatoms. The molecule has 2 N–H and O–H groups in total. The van der Waals surface area contributed by atoms with E-state index in [1.807, 2.05) is 0 Å². The van der Waals surface area contributed by atoms with Gasteiger partial charge in [-0.05, 0) is 37.1 Å². The summed E-state index contributed by atoms with van der Waals surface area (Å²) in [7, 11) is 1.30. The molecule has 0 spiro atoms. The molecule has 1 aromatic carbocycles. The van der Waals surface area contributed by atoms with Gasteiger partial charge in [0, 0.05) is 5.69 Å². The molecule has 1 amide bonds. The summed E-state index contributed by atoms with van der Waals surface area (Å²) in [6.45, 7) is 3.54. The number of phenolic OH excluding ortho intramolecular Hbond substituents is 1. The SMILES string of the molecule is COC(=O)Nc1cc(C)c(O)c(C)c1. The minimum absolute atomic E-state index is 0.250. The largest absolute Gasteiger partial charge is 0.507 e. The highest BCUT2D eigenvalue weighted by atomic mass is 16.5. The Morgan fingerprint density at radius 2 is 1.86 bits per heavy atom. The van der Waals surface area contributed by atoms with E-state index >= 15 is 0 Å². The van der Waals surface area contributed by atoms with Crippen LogP contribution in [0.1, 0.15) is 11.1 Å². The third kappa shape index (κ3) is 2.16. The standard InChI is InChI=1S/C10H13NO3/c1-6-4-8(11-10(13)14-3)5-7(2)9(6)12/h4-5,12H,1-3H3,(H,11,13). The van der Waals surface area contributed by atoms with Crippen molar-refractivity contribution in [3.63, 3.8) is 0 Å². The molecule has 0 radical (unpaired) electrons. The van der Waals surface area contributed by atoms with Crippen LogP contribution in [-0.2, 0) is 4.74 Å². The van der Waals surface area contributed by atoms with Crippen molar-refractivity contribution in [3.05, 3.63) is 23.3 Å². The molecule has 0 bridgehead atoms. The fraction of sp³-hybridized carbons (Fsp3) is 0.300. The van der Waals surface area contributed by atoms with Crippen LogP contribution in [0.4, 0.5) is 10.5 Å². The maximum Gasteiger partial charge on any atom is 0.411 e. The summed E-state index contributed by atoms with van der Waals surface area (Å²) in [5.74, 6) is 0.250. The zero-order valence-electron chi connectivity index (χ0n) is 8.42. The van der Waals surface area contributed by atoms with Gasteiger partial charge in [-0.1, -0.05) is 0 Å². The van der Waals surface area contributed by atoms with E-state index < -0.39 is 6.09 Å². The number of anilines is 1. The molecule has 14 heavy (non-hydrogen) atoms. The summed E-state index contributed by atoms with van der Waals surface area (Å²) < 4.78 is 4.45. The highest BCUT2D eigenvalue weighted by molar-refractivity contribution is 5.85. The van der Waals surface area contributed by atoms with E-state index in [-0.39, 0.29) is 5.75 Å². The molecule has 0 atom stereocenters. The third-order valence-corrected chi connectivity index (χ3v) is 1.92. The number of carbonyl (C=O) groups excluding carboxylic acids is 1. The van der Waals surface area contributed by atoms with Crippen LogP contribution in [0.2, 0.25) is 0 Å². The number of amides is 1. The first-order valence-corrected chi connectivity index (χ1v) is 4.19. The van der Waals surface area contributed by atoms with Crippen LogP contribution in [0, 0.1) is 13.8 Å². The second-order valence-electron chi connectivity index (χ2n) is 3.08. The van der Waals surface area contributed by atoms with Crippen molar-refractivity contribution in [1.29, 1.82) is 0 Å². The second-order valence-corrected chi connectivity index (χ2v) is 3.08. The van der Waals surface area contributed by atoms with E-state index in [0.29, 0.717) is 5.69 Å². The molecule has 0 heterocycles. The van der Waals surface area contributed by atoms with Crippen LogP contribution in [-0.4, -0.2) is 18.3 Å². The van der Waals surface area contributed by atoms with Gasteiger partial charge in [0.1, 0.15) is 5.75 Å². The Morgan fingerprint density at radius 3 is 2.29 bits per heavy atom. The van der Waals surface area contributed by atoms with Gasteiger partial charge in [0.25, 0.3) is 0 Å². The Morgan fingerprint density at radius 1 is 1.36 bits per heavy atom. The number of aryl methyl sites for hydroxylation is 2. The van der Waals surface area contributed by atoms with Crippen LogP contribution >= 0.6 is 0 Å². The van der Waals surface area contributed by atoms with Crippen molar-refractivity contribution in [2.24, 2.45) is 0 Å². The molecular weight excluding hydrogens is 182 g/mol. The summed E-state index contributed by atoms with van der Waals surface area (Å²) in [5.41, 5.74) is 2.05. The molecule has 0 aliphatic carbocycles. The third-order valence-electron chi connectivity index (χ3n) is 1.92. The molecule has 0 aliphatic rings. The Kier molecular flexibility index (Phi) is 2.96. The smallest absolute Gasteiger partial charge is 0.411 e. The summed E-state index contributed by atoms with van der Waals surface area (Å²) in [6, 6.07) is 3.36. The molecule has 4 nitrogen and oxygen atoms in total. The lowest BCUT2D eigenvalue weighted by molar-refractivity contribution is 0.187. The minimum atomic E-state index is -0.519. The van der Waals surface area contributed by atoms with E-state index in [1.54, 1.807) is 26.0 Å². The van der Waals surface area contributed by atoms with Gasteiger partial charge in [0.2, 0.25) is 0 Å². The van der Waals surface area contributed by atoms with Gasteiger partial charge < -0.3 is 9.84 Å². The van der Waals surface area contributed by atoms with Crippen LogP contribution < -0.4 is 5.32 Å². The maximum atomic E-state index is 10.9. The second kappa shape index (κ2) is 4.00. The number of rotatable bonds is 1. The number of phenols is 1. The number of benzene rings is 1. The van der Waals surface area contributed by atoms with Gasteiger partial charge >= 0.3 is 6.09 Å². The molecule has 1 rings (SSSR count). The molecule has 0 fully saturated rings. The van der Waals surface area contributed by atoms with Crippen molar-refractivity contribution in [2.75, 3.05) is 12.4 Å². The van der Waals surface area contributed by atoms with Gasteiger partial charge in [-0.3, -0.25) is 5.32 Å². The van der Waals surface area contributed by atoms with Crippen molar-refractivity contribution in [1.82, 2.24) is 0 Å². The zero-order chi connectivity index (χ0) is 10.7. The highest BCUT2D eigenvalue weighted by Gasteiger charge is 2.05. The number of hydrogen-bond acceptors (Lipinski definition) is 3. The van der Waals surface area contributed by atoms with E-state index in [0.717, 1.165) is 11.1 Å². The average Bonchev–Trinajstić information content (AvgIpc) is 2.14. The summed E-state index contributed by atoms with van der Waals surface area (Å²) in [4.78, 5) is 10.9. The van der Waals surface area contributed by atoms with Crippen molar-refractivity contribution in [2.45, 2.75) is 13.8 Å². The zero-order valence-corrected chi connectivity index (χ0v) is 8.42. The summed E-state index contributed by atoms with van der Waals surface area (Å²) in [6.07, 6.45) is -0.519. The van der Waals surface area contributed by atoms with Gasteiger partial charge in [-0.2, -0.15) is 0 Å². The van der Waals surface area contributed by atoms with Crippen molar-refractivity contribution in [3.8, 4) is 5.75 Å². The first-order valence-electron chi connectivity index (χ1n) is 4.19. The number of methoxy groups -OCH3 is 1. The van der Waals surface area contributed by atoms with Gasteiger partial charge in [0.05, 0.1) is 7.11 Å². The fourth-order valence-corrected chi connectivity index (χ4v) is 1.20. The minimum Gasteiger partial charge on any atom is -0.507 e. The van der Waals surface area contributed by atoms with E-state index in [1.165, 1.54) is 7.11 Å². The molecule has 0 saturated carbocycles. The average molecular weight is 195 g/mol. The number of ether oxygens (including phenoxy) is 1. The Bertz CT molecular complexity index is 337. The van der Waals surface area contributed by atoms with Crippen LogP contribution in [0.3, 0.4) is 0 Å². The predicted molar refractivity (Wildman–Crippen MR) is 53.6 cm³/mol. The summed E-state index contributed by atoms with van der Waals surface area (Å²) in [5, 5.41) is 12.0. The lowest BCUT2D eigenvalue weighted by atomic mass is 10.1. The topological polar surface area (TPSA) is 58.6 Å². The van der Waals surface area contributed by atoms with E-state index in [2.05, 4.69) is 10.1 Å². The molecule has 1 aromatic rings. The number of nitrogens with one attached hydrogen (secondary N) is 1. The van der Waals surface area contributed by atoms with Crippen molar-refractivity contribution < 1.29 is 14.6 Å². The number of hydrogen-bond donors (Lipinski definition) is 2. The molecule has 0 aliphatic heterocycles. The molecule has 0 saturated heterocycles. The van der Waals surface area contributed by atoms with Gasteiger partial charge in [-0.25, -0.2) is 4.79 Å². The lowest BCUT2D eigenvalue weighted by Crippen LogP contribution is -2.11. The van der Waals surface area contributed by atoms with E-state index in [9.17, 15) is 9.90 Å². The molecular formula is C10H13NO3. The predicted octanol–water partition coefficient (Wildman–Crippen LogP) is 2.19. The monoisotopic (exact) mass is 195 g/mol. The Labute approximate surface area is 82.5 Å². The van der Waals surface area contributed by atoms with Crippen LogP contribution in [0.25, 0.3) is 0 Å². The van der Waals surface area contributed by atoms with Crippen LogP contribution in [0.15, 0.2) is 12.1 Å². The molecule has 0 unspecified atom stereocenters. The van der Waals surface area contributed by atoms with E-state index in [4.69, 9.17) is 0 Å². The van der Waals surface area contributed by atoms with Gasteiger partial charge in [-0.15, -0.1) is 0 Å². The van der Waals surface area contributed by atoms with Crippen molar-refractivity contribution >= 4 is 11.8 Å². The van der Waals surface area contributed by atoms with Gasteiger partial charge in [0.15, 0.2) is 0 Å². The first kappa shape index (κ1) is 10.4. The molecule has 76 valence electrons. The number of aromatic hydroxyl groups is 1. The first-order chi connectivity index (χ1) is 6.54.